The van der Waals surface area contributed by atoms with Gasteiger partial charge in [0.1, 0.15) is 12.0 Å². The molecule has 84 valence electrons. The molecule has 0 aromatic carbocycles. The molecular weight excluding hydrogens is 200 g/mol. The molecule has 2 aromatic heterocycles. The van der Waals surface area contributed by atoms with Crippen molar-refractivity contribution in [3.63, 3.8) is 0 Å². The van der Waals surface area contributed by atoms with Crippen molar-refractivity contribution >= 4 is 11.0 Å². The molecule has 3 rings (SSSR count). The van der Waals surface area contributed by atoms with Crippen LogP contribution in [-0.2, 0) is 6.54 Å². The van der Waals surface area contributed by atoms with Crippen molar-refractivity contribution in [2.24, 2.45) is 5.73 Å². The molecule has 0 saturated heterocycles. The van der Waals surface area contributed by atoms with Crippen LogP contribution in [0.2, 0.25) is 0 Å². The van der Waals surface area contributed by atoms with Crippen LogP contribution in [0, 0.1) is 0 Å². The van der Waals surface area contributed by atoms with E-state index in [-0.39, 0.29) is 0 Å². The molecule has 0 amide bonds. The molecule has 0 unspecified atom stereocenters. The van der Waals surface area contributed by atoms with E-state index in [0.29, 0.717) is 12.5 Å². The van der Waals surface area contributed by atoms with Crippen LogP contribution in [0.3, 0.4) is 0 Å². The first-order valence-corrected chi connectivity index (χ1v) is 5.91. The lowest BCUT2D eigenvalue weighted by molar-refractivity contribution is 0.702. The molecular formula is C12H16N4. The van der Waals surface area contributed by atoms with Crippen LogP contribution in [-0.4, -0.2) is 15.0 Å². The van der Waals surface area contributed by atoms with Gasteiger partial charge in [0.2, 0.25) is 0 Å². The Labute approximate surface area is 94.3 Å². The average Bonchev–Trinajstić information content (AvgIpc) is 2.97. The maximum atomic E-state index is 5.75. The number of hydrogen-bond donors (Lipinski definition) is 2. The Morgan fingerprint density at radius 2 is 2.12 bits per heavy atom. The predicted octanol–water partition coefficient (Wildman–Crippen LogP) is 2.07. The van der Waals surface area contributed by atoms with Crippen molar-refractivity contribution in [3.05, 3.63) is 23.8 Å². The zero-order valence-corrected chi connectivity index (χ0v) is 9.24. The fraction of sp³-hybridized carbons (Fsp3) is 0.500. The highest BCUT2D eigenvalue weighted by Gasteiger charge is 2.22. The van der Waals surface area contributed by atoms with Crippen LogP contribution in [0.1, 0.15) is 42.9 Å². The van der Waals surface area contributed by atoms with Gasteiger partial charge in [-0.15, -0.1) is 0 Å². The van der Waals surface area contributed by atoms with Crippen LogP contribution in [0.15, 0.2) is 12.5 Å². The molecule has 1 fully saturated rings. The second-order valence-electron chi connectivity index (χ2n) is 4.48. The second kappa shape index (κ2) is 3.87. The molecule has 1 aliphatic rings. The Bertz CT molecular complexity index is 497. The van der Waals surface area contributed by atoms with Crippen LogP contribution in [0.4, 0.5) is 0 Å². The summed E-state index contributed by atoms with van der Waals surface area (Å²) in [6.45, 7) is 0.549. The third-order valence-electron chi connectivity index (χ3n) is 3.54. The van der Waals surface area contributed by atoms with Crippen molar-refractivity contribution in [2.75, 3.05) is 0 Å². The Hall–Kier alpha value is -1.42. The van der Waals surface area contributed by atoms with Gasteiger partial charge >= 0.3 is 0 Å². The number of nitrogens with zero attached hydrogens (tertiary/aromatic N) is 2. The van der Waals surface area contributed by atoms with E-state index in [0.717, 1.165) is 16.6 Å². The Morgan fingerprint density at radius 3 is 2.88 bits per heavy atom. The highest BCUT2D eigenvalue weighted by Crippen LogP contribution is 2.36. The zero-order chi connectivity index (χ0) is 11.0. The van der Waals surface area contributed by atoms with Crippen molar-refractivity contribution in [1.82, 2.24) is 15.0 Å². The predicted molar refractivity (Wildman–Crippen MR) is 63.0 cm³/mol. The van der Waals surface area contributed by atoms with E-state index in [4.69, 9.17) is 5.73 Å². The lowest BCUT2D eigenvalue weighted by Gasteiger charge is -2.10. The first kappa shape index (κ1) is 9.78. The van der Waals surface area contributed by atoms with Gasteiger partial charge in [-0.2, -0.15) is 0 Å². The number of aromatic amines is 1. The van der Waals surface area contributed by atoms with Crippen LogP contribution in [0.5, 0.6) is 0 Å². The summed E-state index contributed by atoms with van der Waals surface area (Å²) in [5.74, 6) is 0.603. The van der Waals surface area contributed by atoms with E-state index < -0.39 is 0 Å². The third kappa shape index (κ3) is 1.41. The second-order valence-corrected chi connectivity index (χ2v) is 4.48. The van der Waals surface area contributed by atoms with Crippen molar-refractivity contribution in [3.8, 4) is 0 Å². The zero-order valence-electron chi connectivity index (χ0n) is 9.24. The van der Waals surface area contributed by atoms with Gasteiger partial charge in [0.05, 0.1) is 5.69 Å². The summed E-state index contributed by atoms with van der Waals surface area (Å²) in [5, 5.41) is 1.16. The molecule has 16 heavy (non-hydrogen) atoms. The first-order valence-electron chi connectivity index (χ1n) is 5.91. The minimum Gasteiger partial charge on any atom is -0.346 e. The van der Waals surface area contributed by atoms with Gasteiger partial charge in [-0.3, -0.25) is 0 Å². The molecule has 1 saturated carbocycles. The molecule has 2 aromatic rings. The molecule has 2 heterocycles. The van der Waals surface area contributed by atoms with Gasteiger partial charge in [-0.25, -0.2) is 9.97 Å². The van der Waals surface area contributed by atoms with E-state index >= 15 is 0 Å². The monoisotopic (exact) mass is 216 g/mol. The van der Waals surface area contributed by atoms with Crippen LogP contribution >= 0.6 is 0 Å². The summed E-state index contributed by atoms with van der Waals surface area (Å²) < 4.78 is 0. The summed E-state index contributed by atoms with van der Waals surface area (Å²) >= 11 is 0. The number of nitrogens with two attached hydrogens (primary N) is 1. The summed E-state index contributed by atoms with van der Waals surface area (Å²) in [5.41, 5.74) is 9.02. The molecule has 0 aliphatic heterocycles. The summed E-state index contributed by atoms with van der Waals surface area (Å²) in [6.07, 6.45) is 8.75. The quantitative estimate of drug-likeness (QED) is 0.807. The molecule has 0 atom stereocenters. The summed E-state index contributed by atoms with van der Waals surface area (Å²) in [4.78, 5) is 11.9. The van der Waals surface area contributed by atoms with Gasteiger partial charge < -0.3 is 10.7 Å². The highest BCUT2D eigenvalue weighted by atomic mass is 14.9. The fourth-order valence-electron chi connectivity index (χ4n) is 2.72. The summed E-state index contributed by atoms with van der Waals surface area (Å²) in [7, 11) is 0. The lowest BCUT2D eigenvalue weighted by atomic mass is 9.99. The number of hydrogen-bond acceptors (Lipinski definition) is 3. The van der Waals surface area contributed by atoms with E-state index in [9.17, 15) is 0 Å². The maximum absolute atomic E-state index is 5.75. The Morgan fingerprint density at radius 1 is 1.31 bits per heavy atom. The largest absolute Gasteiger partial charge is 0.346 e. The van der Waals surface area contributed by atoms with Gasteiger partial charge in [-0.1, -0.05) is 12.8 Å². The normalized spacial score (nSPS) is 17.3. The van der Waals surface area contributed by atoms with Crippen LogP contribution in [0.25, 0.3) is 11.0 Å². The van der Waals surface area contributed by atoms with Crippen molar-refractivity contribution in [1.29, 1.82) is 0 Å². The third-order valence-corrected chi connectivity index (χ3v) is 3.54. The summed E-state index contributed by atoms with van der Waals surface area (Å²) in [6, 6.07) is 0. The van der Waals surface area contributed by atoms with E-state index in [2.05, 4.69) is 15.0 Å². The topological polar surface area (TPSA) is 67.6 Å². The minimum absolute atomic E-state index is 0.549. The number of nitrogens with one attached hydrogen (secondary N) is 1. The number of fused-ring (bicyclic) bond motifs is 1. The van der Waals surface area contributed by atoms with Gasteiger partial charge in [0.15, 0.2) is 0 Å². The van der Waals surface area contributed by atoms with Gasteiger partial charge in [-0.05, 0) is 18.4 Å². The van der Waals surface area contributed by atoms with Crippen LogP contribution < -0.4 is 5.73 Å². The molecule has 1 aliphatic carbocycles. The molecule has 0 radical (unpaired) electrons. The molecule has 0 spiro atoms. The van der Waals surface area contributed by atoms with E-state index in [1.54, 1.807) is 6.33 Å². The van der Waals surface area contributed by atoms with E-state index in [1.807, 2.05) is 6.20 Å². The molecule has 4 nitrogen and oxygen atoms in total. The fourth-order valence-corrected chi connectivity index (χ4v) is 2.72. The Kier molecular flexibility index (Phi) is 2.36. The smallest absolute Gasteiger partial charge is 0.141 e. The molecule has 3 N–H and O–H groups in total. The molecule has 0 bridgehead atoms. The van der Waals surface area contributed by atoms with Gasteiger partial charge in [0.25, 0.3) is 0 Å². The minimum atomic E-state index is 0.549. The Balaban J connectivity index is 2.18. The van der Waals surface area contributed by atoms with Crippen molar-refractivity contribution < 1.29 is 0 Å². The number of aromatic nitrogens is 3. The first-order chi connectivity index (χ1) is 7.90. The SMILES string of the molecule is NCc1c[nH]c2ncnc(C3CCCC3)c12. The number of H-pyrrole nitrogens is 1. The lowest BCUT2D eigenvalue weighted by Crippen LogP contribution is -2.01. The van der Waals surface area contributed by atoms with E-state index in [1.165, 1.54) is 31.4 Å². The maximum Gasteiger partial charge on any atom is 0.141 e. The average molecular weight is 216 g/mol. The highest BCUT2D eigenvalue weighted by molar-refractivity contribution is 5.82. The van der Waals surface area contributed by atoms with Crippen molar-refractivity contribution in [2.45, 2.75) is 38.1 Å². The molecule has 4 heteroatoms. The number of rotatable bonds is 2. The standard InChI is InChI=1S/C12H16N4/c13-5-9-6-14-12-10(9)11(15-7-16-12)8-3-1-2-4-8/h6-8H,1-5,13H2,(H,14,15,16). The van der Waals surface area contributed by atoms with Gasteiger partial charge in [0, 0.05) is 24.0 Å².